The third-order valence-corrected chi connectivity index (χ3v) is 6.45. The minimum absolute atomic E-state index is 0.170. The average Bonchev–Trinajstić information content (AvgIpc) is 3.17. The number of hydrogen-bond donors (Lipinski definition) is 3. The van der Waals surface area contributed by atoms with Crippen LogP contribution in [-0.2, 0) is 27.7 Å². The molecule has 1 aliphatic carbocycles. The van der Waals surface area contributed by atoms with Gasteiger partial charge >= 0.3 is 0 Å². The highest BCUT2D eigenvalue weighted by Gasteiger charge is 2.29. The van der Waals surface area contributed by atoms with Gasteiger partial charge in [0.15, 0.2) is 0 Å². The van der Waals surface area contributed by atoms with Gasteiger partial charge in [-0.3, -0.25) is 4.79 Å². The summed E-state index contributed by atoms with van der Waals surface area (Å²) >= 11 is 0. The summed E-state index contributed by atoms with van der Waals surface area (Å²) in [6.07, 6.45) is 1.22. The number of sulfonamides is 1. The Morgan fingerprint density at radius 1 is 1.14 bits per heavy atom. The number of anilines is 1. The molecule has 28 heavy (non-hydrogen) atoms. The Kier molecular flexibility index (Phi) is 4.60. The molecule has 0 saturated carbocycles. The van der Waals surface area contributed by atoms with Crippen molar-refractivity contribution in [2.45, 2.75) is 30.7 Å². The summed E-state index contributed by atoms with van der Waals surface area (Å²) in [4.78, 5) is 14.6. The van der Waals surface area contributed by atoms with Crippen molar-refractivity contribution in [3.63, 3.8) is 0 Å². The number of carbonyl (C=O) groups is 1. The molecular formula is C20H21N3O4S. The number of amides is 1. The lowest BCUT2D eigenvalue weighted by molar-refractivity contribution is -0.114. The maximum Gasteiger partial charge on any atom is 0.240 e. The molecule has 0 radical (unpaired) electrons. The molecule has 2 aromatic carbocycles. The van der Waals surface area contributed by atoms with Gasteiger partial charge in [-0.15, -0.1) is 0 Å². The van der Waals surface area contributed by atoms with Crippen LogP contribution in [0.2, 0.25) is 0 Å². The van der Waals surface area contributed by atoms with Crippen molar-refractivity contribution in [1.29, 1.82) is 0 Å². The molecule has 0 aliphatic heterocycles. The quantitative estimate of drug-likeness (QED) is 0.614. The van der Waals surface area contributed by atoms with E-state index < -0.39 is 10.0 Å². The number of rotatable bonds is 5. The number of aromatic nitrogens is 1. The van der Waals surface area contributed by atoms with E-state index in [9.17, 15) is 13.2 Å². The highest BCUT2D eigenvalue weighted by Crippen LogP contribution is 2.33. The number of ether oxygens (including phenoxy) is 1. The molecule has 8 heteroatoms. The van der Waals surface area contributed by atoms with Crippen molar-refractivity contribution < 1.29 is 17.9 Å². The van der Waals surface area contributed by atoms with E-state index in [2.05, 4.69) is 15.0 Å². The van der Waals surface area contributed by atoms with E-state index in [1.807, 2.05) is 18.2 Å². The molecule has 146 valence electrons. The zero-order chi connectivity index (χ0) is 19.9. The molecule has 1 unspecified atom stereocenters. The molecule has 1 amide bonds. The van der Waals surface area contributed by atoms with Crippen LogP contribution in [0.4, 0.5) is 5.69 Å². The van der Waals surface area contributed by atoms with Gasteiger partial charge in [0.2, 0.25) is 15.9 Å². The monoisotopic (exact) mass is 399 g/mol. The zero-order valence-electron chi connectivity index (χ0n) is 15.6. The summed E-state index contributed by atoms with van der Waals surface area (Å²) in [5.41, 5.74) is 3.77. The lowest BCUT2D eigenvalue weighted by Gasteiger charge is -2.13. The lowest BCUT2D eigenvalue weighted by atomic mass is 10.1. The fourth-order valence-electron chi connectivity index (χ4n) is 3.67. The highest BCUT2D eigenvalue weighted by molar-refractivity contribution is 7.89. The summed E-state index contributed by atoms with van der Waals surface area (Å²) in [6.45, 7) is 1.40. The van der Waals surface area contributed by atoms with Crippen LogP contribution in [0.3, 0.4) is 0 Å². The molecule has 1 aromatic heterocycles. The standard InChI is InChI=1S/C20H21N3O4S/c1-12(24)21-13-3-6-16(7-4-13)28(25,26)23-14-9-17-18-11-15(27-2)5-8-19(18)22-20(17)10-14/h3-8,11,14,22-23H,9-10H2,1-2H3,(H,21,24). The Labute approximate surface area is 163 Å². The van der Waals surface area contributed by atoms with Crippen LogP contribution < -0.4 is 14.8 Å². The van der Waals surface area contributed by atoms with Gasteiger partial charge in [-0.1, -0.05) is 0 Å². The van der Waals surface area contributed by atoms with Crippen LogP contribution >= 0.6 is 0 Å². The third kappa shape index (κ3) is 3.48. The fraction of sp³-hybridized carbons (Fsp3) is 0.250. The maximum absolute atomic E-state index is 12.7. The molecule has 3 N–H and O–H groups in total. The number of H-pyrrole nitrogens is 1. The van der Waals surface area contributed by atoms with Gasteiger partial charge in [-0.25, -0.2) is 13.1 Å². The summed E-state index contributed by atoms with van der Waals surface area (Å²) in [5.74, 6) is 0.572. The van der Waals surface area contributed by atoms with Crippen LogP contribution in [0, 0.1) is 0 Å². The Balaban J connectivity index is 1.51. The van der Waals surface area contributed by atoms with Gasteiger partial charge in [0.1, 0.15) is 5.75 Å². The predicted octanol–water partition coefficient (Wildman–Crippen LogP) is 2.58. The minimum atomic E-state index is -3.65. The van der Waals surface area contributed by atoms with Gasteiger partial charge in [0.05, 0.1) is 12.0 Å². The van der Waals surface area contributed by atoms with Crippen LogP contribution in [-0.4, -0.2) is 32.5 Å². The molecule has 1 aliphatic rings. The lowest BCUT2D eigenvalue weighted by Crippen LogP contribution is -2.35. The Hall–Kier alpha value is -2.84. The van der Waals surface area contributed by atoms with Gasteiger partial charge < -0.3 is 15.0 Å². The van der Waals surface area contributed by atoms with E-state index >= 15 is 0 Å². The molecule has 0 saturated heterocycles. The summed E-state index contributed by atoms with van der Waals surface area (Å²) in [5, 5.41) is 3.69. The number of carbonyl (C=O) groups excluding carboxylic acids is 1. The van der Waals surface area contributed by atoms with Crippen molar-refractivity contribution in [2.24, 2.45) is 0 Å². The number of aromatic amines is 1. The molecule has 0 fully saturated rings. The van der Waals surface area contributed by atoms with E-state index in [0.717, 1.165) is 27.9 Å². The van der Waals surface area contributed by atoms with Gasteiger partial charge in [0, 0.05) is 41.7 Å². The smallest absolute Gasteiger partial charge is 0.240 e. The van der Waals surface area contributed by atoms with E-state index in [0.29, 0.717) is 18.5 Å². The van der Waals surface area contributed by atoms with E-state index in [1.165, 1.54) is 19.1 Å². The van der Waals surface area contributed by atoms with Crippen LogP contribution in [0.15, 0.2) is 47.4 Å². The molecular weight excluding hydrogens is 378 g/mol. The Bertz CT molecular complexity index is 1150. The average molecular weight is 399 g/mol. The largest absolute Gasteiger partial charge is 0.497 e. The number of hydrogen-bond acceptors (Lipinski definition) is 4. The van der Waals surface area contributed by atoms with E-state index in [4.69, 9.17) is 4.74 Å². The van der Waals surface area contributed by atoms with Gasteiger partial charge in [-0.05, 0) is 54.4 Å². The first kappa shape index (κ1) is 18.5. The Morgan fingerprint density at radius 2 is 1.89 bits per heavy atom. The highest BCUT2D eigenvalue weighted by atomic mass is 32.2. The molecule has 4 rings (SSSR count). The minimum Gasteiger partial charge on any atom is -0.497 e. The maximum atomic E-state index is 12.7. The Morgan fingerprint density at radius 3 is 2.57 bits per heavy atom. The first-order valence-electron chi connectivity index (χ1n) is 8.93. The van der Waals surface area contributed by atoms with Crippen molar-refractivity contribution in [2.75, 3.05) is 12.4 Å². The summed E-state index contributed by atoms with van der Waals surface area (Å²) < 4.78 is 33.6. The van der Waals surface area contributed by atoms with Crippen LogP contribution in [0.5, 0.6) is 5.75 Å². The van der Waals surface area contributed by atoms with Crippen molar-refractivity contribution >= 4 is 32.5 Å². The second-order valence-electron chi connectivity index (χ2n) is 6.93. The fourth-order valence-corrected chi connectivity index (χ4v) is 4.91. The van der Waals surface area contributed by atoms with Crippen molar-refractivity contribution in [3.05, 3.63) is 53.7 Å². The second kappa shape index (κ2) is 6.96. The van der Waals surface area contributed by atoms with Crippen molar-refractivity contribution in [1.82, 2.24) is 9.71 Å². The number of methoxy groups -OCH3 is 1. The number of nitrogens with one attached hydrogen (secondary N) is 3. The zero-order valence-corrected chi connectivity index (χ0v) is 16.4. The summed E-state index contributed by atoms with van der Waals surface area (Å²) in [7, 11) is -2.02. The van der Waals surface area contributed by atoms with Gasteiger partial charge in [0.25, 0.3) is 0 Å². The normalized spacial score (nSPS) is 16.1. The molecule has 0 spiro atoms. The second-order valence-corrected chi connectivity index (χ2v) is 8.64. The third-order valence-electron chi connectivity index (χ3n) is 4.91. The predicted molar refractivity (Wildman–Crippen MR) is 107 cm³/mol. The molecule has 3 aromatic rings. The SMILES string of the molecule is COc1ccc2[nH]c3c(c2c1)CC(NS(=O)(=O)c1ccc(NC(C)=O)cc1)C3. The van der Waals surface area contributed by atoms with Crippen LogP contribution in [0.25, 0.3) is 10.9 Å². The first-order chi connectivity index (χ1) is 13.4. The topological polar surface area (TPSA) is 100 Å². The van der Waals surface area contributed by atoms with Gasteiger partial charge in [-0.2, -0.15) is 0 Å². The summed E-state index contributed by atoms with van der Waals surface area (Å²) in [6, 6.07) is 11.8. The first-order valence-corrected chi connectivity index (χ1v) is 10.4. The van der Waals surface area contributed by atoms with E-state index in [1.54, 1.807) is 19.2 Å². The molecule has 0 bridgehead atoms. The van der Waals surface area contributed by atoms with Crippen molar-refractivity contribution in [3.8, 4) is 5.75 Å². The van der Waals surface area contributed by atoms with E-state index in [-0.39, 0.29) is 16.8 Å². The number of fused-ring (bicyclic) bond motifs is 3. The number of benzene rings is 2. The van der Waals surface area contributed by atoms with Crippen LogP contribution in [0.1, 0.15) is 18.2 Å². The molecule has 7 nitrogen and oxygen atoms in total. The molecule has 1 heterocycles. The molecule has 1 atom stereocenters.